The SMILES string of the molecule is Cc1ccc(-c2nc3ccc(Cl)cn3n2)cc1. The lowest BCUT2D eigenvalue weighted by molar-refractivity contribution is 0.966. The van der Waals surface area contributed by atoms with E-state index in [0.717, 1.165) is 11.2 Å². The summed E-state index contributed by atoms with van der Waals surface area (Å²) < 4.78 is 1.69. The van der Waals surface area contributed by atoms with Crippen LogP contribution in [0.4, 0.5) is 0 Å². The highest BCUT2D eigenvalue weighted by atomic mass is 35.5. The van der Waals surface area contributed by atoms with Crippen molar-refractivity contribution >= 4 is 17.2 Å². The van der Waals surface area contributed by atoms with E-state index in [4.69, 9.17) is 11.6 Å². The Morgan fingerprint density at radius 3 is 2.59 bits per heavy atom. The first kappa shape index (κ1) is 10.3. The third kappa shape index (κ3) is 1.89. The molecule has 0 amide bonds. The summed E-state index contributed by atoms with van der Waals surface area (Å²) in [6.07, 6.45) is 1.75. The largest absolute Gasteiger partial charge is 0.219 e. The summed E-state index contributed by atoms with van der Waals surface area (Å²) >= 11 is 5.91. The van der Waals surface area contributed by atoms with Gasteiger partial charge in [0.2, 0.25) is 0 Å². The highest BCUT2D eigenvalue weighted by molar-refractivity contribution is 6.30. The number of halogens is 1. The molecule has 0 bridgehead atoms. The number of nitrogens with zero attached hydrogens (tertiary/aromatic N) is 3. The maximum Gasteiger partial charge on any atom is 0.182 e. The van der Waals surface area contributed by atoms with Crippen LogP contribution in [0.2, 0.25) is 5.02 Å². The van der Waals surface area contributed by atoms with Gasteiger partial charge >= 0.3 is 0 Å². The van der Waals surface area contributed by atoms with Crippen LogP contribution in [-0.4, -0.2) is 14.6 Å². The van der Waals surface area contributed by atoms with Crippen molar-refractivity contribution in [1.29, 1.82) is 0 Å². The summed E-state index contributed by atoms with van der Waals surface area (Å²) in [5.41, 5.74) is 3.03. The van der Waals surface area contributed by atoms with Gasteiger partial charge in [0.25, 0.3) is 0 Å². The summed E-state index contributed by atoms with van der Waals surface area (Å²) in [6.45, 7) is 2.06. The molecule has 0 atom stereocenters. The molecule has 0 N–H and O–H groups in total. The minimum atomic E-state index is 0.651. The zero-order valence-corrected chi connectivity index (χ0v) is 10.0. The van der Waals surface area contributed by atoms with Gasteiger partial charge in [0.1, 0.15) is 0 Å². The van der Waals surface area contributed by atoms with Gasteiger partial charge in [-0.15, -0.1) is 5.10 Å². The Balaban J connectivity index is 2.14. The molecule has 0 saturated carbocycles. The van der Waals surface area contributed by atoms with Gasteiger partial charge in [0.05, 0.1) is 5.02 Å². The lowest BCUT2D eigenvalue weighted by Crippen LogP contribution is -1.86. The van der Waals surface area contributed by atoms with Crippen molar-refractivity contribution in [2.45, 2.75) is 6.92 Å². The van der Waals surface area contributed by atoms with Crippen molar-refractivity contribution in [3.8, 4) is 11.4 Å². The van der Waals surface area contributed by atoms with Crippen LogP contribution in [0.5, 0.6) is 0 Å². The average Bonchev–Trinajstić information content (AvgIpc) is 2.72. The average molecular weight is 244 g/mol. The van der Waals surface area contributed by atoms with Crippen LogP contribution in [-0.2, 0) is 0 Å². The second-order valence-electron chi connectivity index (χ2n) is 3.95. The Kier molecular flexibility index (Phi) is 2.34. The Labute approximate surface area is 104 Å². The number of fused-ring (bicyclic) bond motifs is 1. The van der Waals surface area contributed by atoms with E-state index in [-0.39, 0.29) is 0 Å². The number of benzene rings is 1. The molecule has 3 nitrogen and oxygen atoms in total. The minimum Gasteiger partial charge on any atom is -0.219 e. The molecule has 0 aliphatic carbocycles. The quantitative estimate of drug-likeness (QED) is 0.656. The standard InChI is InChI=1S/C13H10ClN3/c1-9-2-4-10(5-3-9)13-15-12-7-6-11(14)8-17(12)16-13/h2-8H,1H3. The van der Waals surface area contributed by atoms with Crippen molar-refractivity contribution in [2.24, 2.45) is 0 Å². The van der Waals surface area contributed by atoms with E-state index in [0.29, 0.717) is 10.8 Å². The highest BCUT2D eigenvalue weighted by Crippen LogP contribution is 2.18. The van der Waals surface area contributed by atoms with Crippen LogP contribution >= 0.6 is 11.6 Å². The van der Waals surface area contributed by atoms with E-state index in [2.05, 4.69) is 17.0 Å². The molecule has 3 rings (SSSR count). The fraction of sp³-hybridized carbons (Fsp3) is 0.0769. The van der Waals surface area contributed by atoms with Gasteiger partial charge in [-0.3, -0.25) is 0 Å². The van der Waals surface area contributed by atoms with Crippen molar-refractivity contribution in [2.75, 3.05) is 0 Å². The molecule has 0 aliphatic rings. The number of rotatable bonds is 1. The van der Waals surface area contributed by atoms with Crippen LogP contribution in [0.1, 0.15) is 5.56 Å². The molecule has 0 radical (unpaired) electrons. The number of aromatic nitrogens is 3. The monoisotopic (exact) mass is 243 g/mol. The van der Waals surface area contributed by atoms with E-state index in [9.17, 15) is 0 Å². The first-order chi connectivity index (χ1) is 8.22. The second kappa shape index (κ2) is 3.86. The molecule has 84 valence electrons. The van der Waals surface area contributed by atoms with E-state index >= 15 is 0 Å². The first-order valence-electron chi connectivity index (χ1n) is 5.31. The summed E-state index contributed by atoms with van der Waals surface area (Å²) in [5.74, 6) is 0.715. The molecular weight excluding hydrogens is 234 g/mol. The highest BCUT2D eigenvalue weighted by Gasteiger charge is 2.05. The van der Waals surface area contributed by atoms with Crippen molar-refractivity contribution in [3.63, 3.8) is 0 Å². The van der Waals surface area contributed by atoms with E-state index in [1.54, 1.807) is 10.7 Å². The van der Waals surface area contributed by atoms with E-state index < -0.39 is 0 Å². The van der Waals surface area contributed by atoms with Crippen molar-refractivity contribution in [1.82, 2.24) is 14.6 Å². The Hall–Kier alpha value is -1.87. The smallest absolute Gasteiger partial charge is 0.182 e. The van der Waals surface area contributed by atoms with Gasteiger partial charge in [-0.1, -0.05) is 41.4 Å². The number of hydrogen-bond acceptors (Lipinski definition) is 2. The molecule has 17 heavy (non-hydrogen) atoms. The van der Waals surface area contributed by atoms with Gasteiger partial charge in [-0.2, -0.15) is 0 Å². The fourth-order valence-electron chi connectivity index (χ4n) is 1.68. The van der Waals surface area contributed by atoms with E-state index in [1.165, 1.54) is 5.56 Å². The van der Waals surface area contributed by atoms with Crippen LogP contribution in [0.25, 0.3) is 17.0 Å². The van der Waals surface area contributed by atoms with Crippen LogP contribution in [0.3, 0.4) is 0 Å². The fourth-order valence-corrected chi connectivity index (χ4v) is 1.84. The van der Waals surface area contributed by atoms with Gasteiger partial charge < -0.3 is 0 Å². The van der Waals surface area contributed by atoms with Gasteiger partial charge in [-0.05, 0) is 19.1 Å². The van der Waals surface area contributed by atoms with Crippen LogP contribution in [0.15, 0.2) is 42.6 Å². The number of hydrogen-bond donors (Lipinski definition) is 0. The predicted octanol–water partition coefficient (Wildman–Crippen LogP) is 3.36. The molecular formula is C13H10ClN3. The maximum absolute atomic E-state index is 5.91. The summed E-state index contributed by atoms with van der Waals surface area (Å²) in [7, 11) is 0. The summed E-state index contributed by atoms with van der Waals surface area (Å²) in [6, 6.07) is 11.8. The van der Waals surface area contributed by atoms with Crippen molar-refractivity contribution < 1.29 is 0 Å². The Bertz CT molecular complexity index is 671. The topological polar surface area (TPSA) is 30.2 Å². The van der Waals surface area contributed by atoms with Crippen LogP contribution in [0, 0.1) is 6.92 Å². The minimum absolute atomic E-state index is 0.651. The molecule has 2 aromatic heterocycles. The summed E-state index contributed by atoms with van der Waals surface area (Å²) in [5, 5.41) is 5.05. The third-order valence-corrected chi connectivity index (χ3v) is 2.83. The van der Waals surface area contributed by atoms with Crippen molar-refractivity contribution in [3.05, 3.63) is 53.2 Å². The normalized spacial score (nSPS) is 10.9. The third-order valence-electron chi connectivity index (χ3n) is 2.60. The number of pyridine rings is 1. The molecule has 3 aromatic rings. The van der Waals surface area contributed by atoms with Gasteiger partial charge in [0, 0.05) is 11.8 Å². The molecule has 0 unspecified atom stereocenters. The number of aryl methyl sites for hydroxylation is 1. The molecule has 2 heterocycles. The van der Waals surface area contributed by atoms with Crippen LogP contribution < -0.4 is 0 Å². The molecule has 0 fully saturated rings. The zero-order chi connectivity index (χ0) is 11.8. The predicted molar refractivity (Wildman–Crippen MR) is 68.2 cm³/mol. The van der Waals surface area contributed by atoms with Gasteiger partial charge in [0.15, 0.2) is 11.5 Å². The molecule has 0 aliphatic heterocycles. The summed E-state index contributed by atoms with van der Waals surface area (Å²) in [4.78, 5) is 4.45. The molecule has 0 spiro atoms. The Morgan fingerprint density at radius 2 is 1.82 bits per heavy atom. The van der Waals surface area contributed by atoms with Gasteiger partial charge in [-0.25, -0.2) is 9.50 Å². The first-order valence-corrected chi connectivity index (χ1v) is 5.69. The Morgan fingerprint density at radius 1 is 1.06 bits per heavy atom. The van der Waals surface area contributed by atoms with E-state index in [1.807, 2.05) is 36.4 Å². The molecule has 4 heteroatoms. The maximum atomic E-state index is 5.91. The lowest BCUT2D eigenvalue weighted by atomic mass is 10.1. The molecule has 1 aromatic carbocycles. The lowest BCUT2D eigenvalue weighted by Gasteiger charge is -1.94. The second-order valence-corrected chi connectivity index (χ2v) is 4.39. The molecule has 0 saturated heterocycles. The zero-order valence-electron chi connectivity index (χ0n) is 9.26.